The summed E-state index contributed by atoms with van der Waals surface area (Å²) in [5.74, 6) is 0.884. The first kappa shape index (κ1) is 23.7. The minimum absolute atomic E-state index is 0.372. The standard InChI is InChI=1S/C27H39N5O/c1-2-28-27(30-21-26(32-14-6-7-15-32)25-8-4-3-5-9-25)29-20-23-10-12-24(13-11-23)22-31-16-18-33-19-17-31/h3-5,8-13,26H,2,6-7,14-22H2,1H3,(H2,28,29,30). The fraction of sp³-hybridized carbons (Fsp3) is 0.519. The molecule has 0 radical (unpaired) electrons. The van der Waals surface area contributed by atoms with E-state index in [2.05, 4.69) is 82.0 Å². The quantitative estimate of drug-likeness (QED) is 0.454. The SMILES string of the molecule is CCNC(=NCc1ccc(CN2CCOCC2)cc1)NCC(c1ccccc1)N1CCCC1. The van der Waals surface area contributed by atoms with Crippen LogP contribution < -0.4 is 10.6 Å². The van der Waals surface area contributed by atoms with Gasteiger partial charge in [-0.1, -0.05) is 54.6 Å². The topological polar surface area (TPSA) is 52.1 Å². The van der Waals surface area contributed by atoms with E-state index in [4.69, 9.17) is 9.73 Å². The highest BCUT2D eigenvalue weighted by Crippen LogP contribution is 2.24. The van der Waals surface area contributed by atoms with Crippen LogP contribution in [0.5, 0.6) is 0 Å². The summed E-state index contributed by atoms with van der Waals surface area (Å²) in [5.41, 5.74) is 3.96. The maximum Gasteiger partial charge on any atom is 0.191 e. The number of benzene rings is 2. The van der Waals surface area contributed by atoms with Crippen LogP contribution in [0.15, 0.2) is 59.6 Å². The number of likely N-dealkylation sites (tertiary alicyclic amines) is 1. The molecule has 2 aliphatic rings. The summed E-state index contributed by atoms with van der Waals surface area (Å²) in [4.78, 5) is 9.92. The van der Waals surface area contributed by atoms with Crippen LogP contribution in [0.1, 0.15) is 42.5 Å². The van der Waals surface area contributed by atoms with Crippen LogP contribution in [0.4, 0.5) is 0 Å². The molecule has 1 unspecified atom stereocenters. The van der Waals surface area contributed by atoms with Crippen LogP contribution in [0.25, 0.3) is 0 Å². The maximum absolute atomic E-state index is 5.45. The third kappa shape index (κ3) is 7.29. The van der Waals surface area contributed by atoms with Gasteiger partial charge in [-0.05, 0) is 49.5 Å². The summed E-state index contributed by atoms with van der Waals surface area (Å²) in [6, 6.07) is 20.1. The zero-order valence-corrected chi connectivity index (χ0v) is 20.0. The van der Waals surface area contributed by atoms with E-state index in [-0.39, 0.29) is 0 Å². The lowest BCUT2D eigenvalue weighted by Gasteiger charge is -2.29. The van der Waals surface area contributed by atoms with Gasteiger partial charge in [0, 0.05) is 32.7 Å². The Bertz CT molecular complexity index is 843. The van der Waals surface area contributed by atoms with Crippen molar-refractivity contribution in [1.29, 1.82) is 0 Å². The van der Waals surface area contributed by atoms with Crippen molar-refractivity contribution in [3.63, 3.8) is 0 Å². The molecule has 0 saturated carbocycles. The van der Waals surface area contributed by atoms with E-state index in [1.165, 1.54) is 42.6 Å². The summed E-state index contributed by atoms with van der Waals surface area (Å²) in [5, 5.41) is 7.03. The van der Waals surface area contributed by atoms with E-state index in [0.717, 1.165) is 51.9 Å². The third-order valence-corrected chi connectivity index (χ3v) is 6.53. The average molecular weight is 450 g/mol. The molecular weight excluding hydrogens is 410 g/mol. The summed E-state index contributed by atoms with van der Waals surface area (Å²) in [7, 11) is 0. The van der Waals surface area contributed by atoms with Gasteiger partial charge in [0.25, 0.3) is 0 Å². The predicted octanol–water partition coefficient (Wildman–Crippen LogP) is 3.41. The molecule has 2 aromatic carbocycles. The first-order chi connectivity index (χ1) is 16.3. The van der Waals surface area contributed by atoms with Gasteiger partial charge in [0.1, 0.15) is 0 Å². The van der Waals surface area contributed by atoms with Crippen molar-refractivity contribution in [3.05, 3.63) is 71.3 Å². The summed E-state index contributed by atoms with van der Waals surface area (Å²) in [6.45, 7) is 11.6. The second-order valence-electron chi connectivity index (χ2n) is 8.95. The number of hydrogen-bond donors (Lipinski definition) is 2. The predicted molar refractivity (Wildman–Crippen MR) is 135 cm³/mol. The lowest BCUT2D eigenvalue weighted by molar-refractivity contribution is 0.0342. The molecule has 0 aliphatic carbocycles. The van der Waals surface area contributed by atoms with Crippen LogP contribution in [0.3, 0.4) is 0 Å². The van der Waals surface area contributed by atoms with Gasteiger partial charge in [0.15, 0.2) is 5.96 Å². The Morgan fingerprint density at radius 2 is 1.61 bits per heavy atom. The largest absolute Gasteiger partial charge is 0.379 e. The number of rotatable bonds is 9. The van der Waals surface area contributed by atoms with Crippen LogP contribution in [0, 0.1) is 0 Å². The van der Waals surface area contributed by atoms with Crippen LogP contribution >= 0.6 is 0 Å². The number of nitrogens with one attached hydrogen (secondary N) is 2. The van der Waals surface area contributed by atoms with Gasteiger partial charge < -0.3 is 15.4 Å². The number of nitrogens with zero attached hydrogens (tertiary/aromatic N) is 3. The number of morpholine rings is 1. The Morgan fingerprint density at radius 3 is 2.30 bits per heavy atom. The lowest BCUT2D eigenvalue weighted by Crippen LogP contribution is -2.42. The minimum atomic E-state index is 0.372. The second-order valence-corrected chi connectivity index (χ2v) is 8.95. The van der Waals surface area contributed by atoms with Crippen molar-refractivity contribution in [2.45, 2.75) is 38.9 Å². The van der Waals surface area contributed by atoms with Crippen LogP contribution in [0.2, 0.25) is 0 Å². The fourth-order valence-corrected chi connectivity index (χ4v) is 4.66. The Morgan fingerprint density at radius 1 is 0.909 bits per heavy atom. The van der Waals surface area contributed by atoms with E-state index in [1.807, 2.05) is 0 Å². The summed E-state index contributed by atoms with van der Waals surface area (Å²) in [6.07, 6.45) is 2.58. The highest BCUT2D eigenvalue weighted by atomic mass is 16.5. The van der Waals surface area contributed by atoms with E-state index < -0.39 is 0 Å². The molecule has 2 N–H and O–H groups in total. The highest BCUT2D eigenvalue weighted by molar-refractivity contribution is 5.79. The molecule has 0 spiro atoms. The molecule has 2 aromatic rings. The molecule has 2 aliphatic heterocycles. The lowest BCUT2D eigenvalue weighted by atomic mass is 10.1. The summed E-state index contributed by atoms with van der Waals surface area (Å²) < 4.78 is 5.45. The molecular formula is C27H39N5O. The van der Waals surface area contributed by atoms with Crippen LogP contribution in [-0.4, -0.2) is 68.2 Å². The van der Waals surface area contributed by atoms with Gasteiger partial charge in [0.05, 0.1) is 25.8 Å². The first-order valence-electron chi connectivity index (χ1n) is 12.5. The first-order valence-corrected chi connectivity index (χ1v) is 12.5. The zero-order chi connectivity index (χ0) is 22.7. The van der Waals surface area contributed by atoms with E-state index in [1.54, 1.807) is 0 Å². The number of guanidine groups is 1. The molecule has 2 fully saturated rings. The molecule has 33 heavy (non-hydrogen) atoms. The van der Waals surface area contributed by atoms with Gasteiger partial charge in [-0.15, -0.1) is 0 Å². The van der Waals surface area contributed by atoms with Gasteiger partial charge >= 0.3 is 0 Å². The van der Waals surface area contributed by atoms with Crippen molar-refractivity contribution in [2.75, 3.05) is 52.5 Å². The molecule has 178 valence electrons. The van der Waals surface area contributed by atoms with E-state index in [9.17, 15) is 0 Å². The third-order valence-electron chi connectivity index (χ3n) is 6.53. The fourth-order valence-electron chi connectivity index (χ4n) is 4.66. The average Bonchev–Trinajstić information content (AvgIpc) is 3.39. The van der Waals surface area contributed by atoms with Crippen molar-refractivity contribution in [1.82, 2.24) is 20.4 Å². The molecule has 0 aromatic heterocycles. The Labute approximate surface area is 199 Å². The molecule has 0 amide bonds. The van der Waals surface area contributed by atoms with Crippen molar-refractivity contribution in [2.24, 2.45) is 4.99 Å². The molecule has 4 rings (SSSR count). The van der Waals surface area contributed by atoms with Gasteiger partial charge in [-0.2, -0.15) is 0 Å². The van der Waals surface area contributed by atoms with Gasteiger partial charge in [-0.3, -0.25) is 9.80 Å². The molecule has 2 heterocycles. The van der Waals surface area contributed by atoms with E-state index in [0.29, 0.717) is 12.6 Å². The van der Waals surface area contributed by atoms with Gasteiger partial charge in [-0.25, -0.2) is 4.99 Å². The number of ether oxygens (including phenoxy) is 1. The van der Waals surface area contributed by atoms with Gasteiger partial charge in [0.2, 0.25) is 0 Å². The van der Waals surface area contributed by atoms with Crippen molar-refractivity contribution >= 4 is 5.96 Å². The maximum atomic E-state index is 5.45. The second kappa shape index (κ2) is 12.7. The molecule has 6 nitrogen and oxygen atoms in total. The zero-order valence-electron chi connectivity index (χ0n) is 20.0. The Hall–Kier alpha value is -2.41. The van der Waals surface area contributed by atoms with Crippen molar-refractivity contribution < 1.29 is 4.74 Å². The summed E-state index contributed by atoms with van der Waals surface area (Å²) >= 11 is 0. The molecule has 0 bridgehead atoms. The Balaban J connectivity index is 1.34. The molecule has 2 saturated heterocycles. The monoisotopic (exact) mass is 449 g/mol. The molecule has 1 atom stereocenters. The normalized spacial score (nSPS) is 18.9. The molecule has 6 heteroatoms. The van der Waals surface area contributed by atoms with E-state index >= 15 is 0 Å². The minimum Gasteiger partial charge on any atom is -0.379 e. The highest BCUT2D eigenvalue weighted by Gasteiger charge is 2.23. The number of aliphatic imine (C=N–C) groups is 1. The number of hydrogen-bond acceptors (Lipinski definition) is 4. The van der Waals surface area contributed by atoms with Crippen molar-refractivity contribution in [3.8, 4) is 0 Å². The smallest absolute Gasteiger partial charge is 0.191 e. The Kier molecular flexibility index (Phi) is 9.16. The van der Waals surface area contributed by atoms with Crippen LogP contribution in [-0.2, 0) is 17.8 Å².